The van der Waals surface area contributed by atoms with Gasteiger partial charge >= 0.3 is 0 Å². The Hall–Kier alpha value is -0.890. The quantitative estimate of drug-likeness (QED) is 0.548. The van der Waals surface area contributed by atoms with E-state index in [1.807, 2.05) is 12.1 Å². The summed E-state index contributed by atoms with van der Waals surface area (Å²) < 4.78 is 13.0. The molecule has 0 spiro atoms. The fraction of sp³-hybridized carbons (Fsp3) is 0.667. The highest BCUT2D eigenvalue weighted by Gasteiger charge is 2.13. The highest BCUT2D eigenvalue weighted by molar-refractivity contribution is 5.20. The van der Waals surface area contributed by atoms with Gasteiger partial charge in [0, 0.05) is 12.1 Å². The molecule has 0 saturated heterocycles. The zero-order valence-electron chi connectivity index (χ0n) is 13.3. The lowest BCUT2D eigenvalue weighted by Crippen LogP contribution is -2.30. The van der Waals surface area contributed by atoms with Crippen molar-refractivity contribution in [3.63, 3.8) is 0 Å². The molecule has 0 amide bonds. The second-order valence-corrected chi connectivity index (χ2v) is 5.81. The predicted octanol–water partition coefficient (Wildman–Crippen LogP) is 5.62. The van der Waals surface area contributed by atoms with E-state index in [9.17, 15) is 4.39 Å². The molecule has 0 bridgehead atoms. The Kier molecular flexibility index (Phi) is 8.52. The topological polar surface area (TPSA) is 12.0 Å². The normalized spacial score (nSPS) is 14.2. The van der Waals surface area contributed by atoms with Gasteiger partial charge in [-0.2, -0.15) is 0 Å². The van der Waals surface area contributed by atoms with Crippen LogP contribution in [-0.2, 0) is 0 Å². The molecule has 20 heavy (non-hydrogen) atoms. The van der Waals surface area contributed by atoms with Crippen LogP contribution in [0.1, 0.15) is 77.3 Å². The monoisotopic (exact) mass is 279 g/mol. The molecular weight excluding hydrogens is 249 g/mol. The van der Waals surface area contributed by atoms with Gasteiger partial charge in [0.2, 0.25) is 0 Å². The Morgan fingerprint density at radius 2 is 1.60 bits per heavy atom. The summed E-state index contributed by atoms with van der Waals surface area (Å²) in [6.07, 6.45) is 8.61. The first-order valence-electron chi connectivity index (χ1n) is 8.18. The van der Waals surface area contributed by atoms with E-state index in [4.69, 9.17) is 0 Å². The SMILES string of the molecule is CCCCCC(C)NC(CCCC)c1ccc(F)cc1. The number of unbranched alkanes of at least 4 members (excludes halogenated alkanes) is 3. The summed E-state index contributed by atoms with van der Waals surface area (Å²) in [5.41, 5.74) is 1.21. The van der Waals surface area contributed by atoms with Crippen molar-refractivity contribution >= 4 is 0 Å². The highest BCUT2D eigenvalue weighted by Crippen LogP contribution is 2.21. The molecule has 0 radical (unpaired) electrons. The number of hydrogen-bond acceptors (Lipinski definition) is 1. The fourth-order valence-electron chi connectivity index (χ4n) is 2.58. The average Bonchev–Trinajstić information content (AvgIpc) is 2.44. The fourth-order valence-corrected chi connectivity index (χ4v) is 2.58. The summed E-state index contributed by atoms with van der Waals surface area (Å²) in [6.45, 7) is 6.71. The number of halogens is 1. The van der Waals surface area contributed by atoms with E-state index in [1.165, 1.54) is 44.1 Å². The largest absolute Gasteiger partial charge is 0.307 e. The number of benzene rings is 1. The van der Waals surface area contributed by atoms with Crippen molar-refractivity contribution < 1.29 is 4.39 Å². The number of hydrogen-bond donors (Lipinski definition) is 1. The van der Waals surface area contributed by atoms with Gasteiger partial charge in [0.05, 0.1) is 0 Å². The molecule has 1 N–H and O–H groups in total. The molecule has 0 aromatic heterocycles. The maximum Gasteiger partial charge on any atom is 0.123 e. The van der Waals surface area contributed by atoms with E-state index in [2.05, 4.69) is 26.1 Å². The molecular formula is C18H30FN. The van der Waals surface area contributed by atoms with E-state index in [1.54, 1.807) is 12.1 Å². The molecule has 0 aliphatic heterocycles. The maximum atomic E-state index is 13.0. The summed E-state index contributed by atoms with van der Waals surface area (Å²) in [7, 11) is 0. The number of nitrogens with one attached hydrogen (secondary N) is 1. The van der Waals surface area contributed by atoms with Crippen LogP contribution in [0.25, 0.3) is 0 Å². The van der Waals surface area contributed by atoms with Gasteiger partial charge in [-0.15, -0.1) is 0 Å². The summed E-state index contributed by atoms with van der Waals surface area (Å²) in [4.78, 5) is 0. The first kappa shape index (κ1) is 17.2. The Bertz CT molecular complexity index is 347. The lowest BCUT2D eigenvalue weighted by atomic mass is 9.99. The first-order chi connectivity index (χ1) is 9.67. The van der Waals surface area contributed by atoms with Crippen LogP contribution in [0.2, 0.25) is 0 Å². The Balaban J connectivity index is 2.57. The Morgan fingerprint density at radius 1 is 0.950 bits per heavy atom. The summed E-state index contributed by atoms with van der Waals surface area (Å²) in [5, 5.41) is 3.72. The van der Waals surface area contributed by atoms with Gasteiger partial charge in [0.1, 0.15) is 5.82 Å². The first-order valence-corrected chi connectivity index (χ1v) is 8.18. The van der Waals surface area contributed by atoms with Crippen LogP contribution in [0.5, 0.6) is 0 Å². The van der Waals surface area contributed by atoms with Crippen molar-refractivity contribution in [1.82, 2.24) is 5.32 Å². The van der Waals surface area contributed by atoms with E-state index in [-0.39, 0.29) is 5.82 Å². The molecule has 1 rings (SSSR count). The van der Waals surface area contributed by atoms with Crippen molar-refractivity contribution in [2.24, 2.45) is 0 Å². The highest BCUT2D eigenvalue weighted by atomic mass is 19.1. The molecule has 1 aromatic carbocycles. The Morgan fingerprint density at radius 3 is 2.20 bits per heavy atom. The van der Waals surface area contributed by atoms with E-state index in [0.717, 1.165) is 6.42 Å². The average molecular weight is 279 g/mol. The van der Waals surface area contributed by atoms with Gasteiger partial charge < -0.3 is 5.32 Å². The summed E-state index contributed by atoms with van der Waals surface area (Å²) in [6, 6.07) is 7.85. The molecule has 0 aliphatic carbocycles. The lowest BCUT2D eigenvalue weighted by Gasteiger charge is -2.24. The van der Waals surface area contributed by atoms with Crippen molar-refractivity contribution in [3.8, 4) is 0 Å². The van der Waals surface area contributed by atoms with E-state index >= 15 is 0 Å². The van der Waals surface area contributed by atoms with Crippen LogP contribution in [-0.4, -0.2) is 6.04 Å². The van der Waals surface area contributed by atoms with Crippen LogP contribution < -0.4 is 5.32 Å². The molecule has 0 aliphatic rings. The molecule has 114 valence electrons. The second-order valence-electron chi connectivity index (χ2n) is 5.81. The zero-order valence-corrected chi connectivity index (χ0v) is 13.3. The van der Waals surface area contributed by atoms with Gasteiger partial charge in [-0.3, -0.25) is 0 Å². The van der Waals surface area contributed by atoms with Crippen LogP contribution in [0.3, 0.4) is 0 Å². The van der Waals surface area contributed by atoms with Gasteiger partial charge in [-0.05, 0) is 37.5 Å². The van der Waals surface area contributed by atoms with Gasteiger partial charge in [0.15, 0.2) is 0 Å². The molecule has 0 heterocycles. The third kappa shape index (κ3) is 6.51. The molecule has 0 saturated carbocycles. The zero-order chi connectivity index (χ0) is 14.8. The minimum atomic E-state index is -0.154. The van der Waals surface area contributed by atoms with Crippen molar-refractivity contribution in [2.75, 3.05) is 0 Å². The molecule has 2 heteroatoms. The second kappa shape index (κ2) is 9.93. The Labute approximate surface area is 124 Å². The summed E-state index contributed by atoms with van der Waals surface area (Å²) >= 11 is 0. The van der Waals surface area contributed by atoms with Crippen molar-refractivity contribution in [3.05, 3.63) is 35.6 Å². The van der Waals surface area contributed by atoms with Gasteiger partial charge in [0.25, 0.3) is 0 Å². The smallest absolute Gasteiger partial charge is 0.123 e. The van der Waals surface area contributed by atoms with Crippen molar-refractivity contribution in [1.29, 1.82) is 0 Å². The van der Waals surface area contributed by atoms with E-state index in [0.29, 0.717) is 12.1 Å². The van der Waals surface area contributed by atoms with Gasteiger partial charge in [-0.25, -0.2) is 4.39 Å². The molecule has 2 atom stereocenters. The molecule has 1 aromatic rings. The lowest BCUT2D eigenvalue weighted by molar-refractivity contribution is 0.398. The number of rotatable bonds is 10. The molecule has 1 nitrogen and oxygen atoms in total. The van der Waals surface area contributed by atoms with Crippen LogP contribution >= 0.6 is 0 Å². The summed E-state index contributed by atoms with van der Waals surface area (Å²) in [5.74, 6) is -0.154. The standard InChI is InChI=1S/C18H30FN/c1-4-6-8-9-15(3)20-18(10-7-5-2)16-11-13-17(19)14-12-16/h11-15,18,20H,4-10H2,1-3H3. The van der Waals surface area contributed by atoms with Crippen LogP contribution in [0, 0.1) is 5.82 Å². The van der Waals surface area contributed by atoms with Crippen LogP contribution in [0.4, 0.5) is 4.39 Å². The van der Waals surface area contributed by atoms with Gasteiger partial charge in [-0.1, -0.05) is 58.1 Å². The van der Waals surface area contributed by atoms with E-state index < -0.39 is 0 Å². The third-order valence-corrected chi connectivity index (χ3v) is 3.85. The maximum absolute atomic E-state index is 13.0. The van der Waals surface area contributed by atoms with Crippen LogP contribution in [0.15, 0.2) is 24.3 Å². The minimum absolute atomic E-state index is 0.154. The molecule has 0 fully saturated rings. The molecule has 2 unspecified atom stereocenters. The minimum Gasteiger partial charge on any atom is -0.307 e. The predicted molar refractivity (Wildman–Crippen MR) is 85.4 cm³/mol. The van der Waals surface area contributed by atoms with Crippen molar-refractivity contribution in [2.45, 2.75) is 77.8 Å². The third-order valence-electron chi connectivity index (χ3n) is 3.85.